The molecular formula is C15H31N3O2. The maximum Gasteiger partial charge on any atom is 0.227 e. The maximum atomic E-state index is 12.2. The summed E-state index contributed by atoms with van der Waals surface area (Å²) in [7, 11) is 1.87. The molecule has 1 heterocycles. The van der Waals surface area contributed by atoms with Gasteiger partial charge in [-0.05, 0) is 6.54 Å². The van der Waals surface area contributed by atoms with Crippen LogP contribution in [-0.4, -0.2) is 74.7 Å². The molecule has 1 rings (SSSR count). The number of hydrogen-bond acceptors (Lipinski definition) is 4. The SMILES string of the molecule is CCNCCN1CCOC(CN(C)C(=O)C(C)(C)C)C1. The van der Waals surface area contributed by atoms with Crippen LogP contribution in [0.5, 0.6) is 0 Å². The van der Waals surface area contributed by atoms with Crippen molar-refractivity contribution in [2.24, 2.45) is 5.41 Å². The first kappa shape index (κ1) is 17.4. The van der Waals surface area contributed by atoms with E-state index in [4.69, 9.17) is 4.74 Å². The summed E-state index contributed by atoms with van der Waals surface area (Å²) in [5.41, 5.74) is -0.325. The van der Waals surface area contributed by atoms with Crippen molar-refractivity contribution in [3.05, 3.63) is 0 Å². The van der Waals surface area contributed by atoms with Gasteiger partial charge < -0.3 is 15.0 Å². The van der Waals surface area contributed by atoms with Crippen molar-refractivity contribution < 1.29 is 9.53 Å². The van der Waals surface area contributed by atoms with Crippen molar-refractivity contribution in [3.63, 3.8) is 0 Å². The Labute approximate surface area is 123 Å². The van der Waals surface area contributed by atoms with Crippen LogP contribution in [0.1, 0.15) is 27.7 Å². The zero-order valence-corrected chi connectivity index (χ0v) is 13.7. The minimum absolute atomic E-state index is 0.127. The molecule has 5 nitrogen and oxygen atoms in total. The van der Waals surface area contributed by atoms with Crippen molar-refractivity contribution in [2.75, 3.05) is 52.9 Å². The van der Waals surface area contributed by atoms with Crippen molar-refractivity contribution in [2.45, 2.75) is 33.8 Å². The molecule has 118 valence electrons. The largest absolute Gasteiger partial charge is 0.374 e. The average Bonchev–Trinajstić information content (AvgIpc) is 2.37. The molecule has 1 atom stereocenters. The molecule has 0 aromatic rings. The molecule has 0 bridgehead atoms. The molecule has 0 radical (unpaired) electrons. The zero-order chi connectivity index (χ0) is 15.2. The lowest BCUT2D eigenvalue weighted by Gasteiger charge is -2.36. The molecule has 0 saturated carbocycles. The number of ether oxygens (including phenoxy) is 1. The van der Waals surface area contributed by atoms with E-state index in [-0.39, 0.29) is 17.4 Å². The van der Waals surface area contributed by atoms with Crippen LogP contribution < -0.4 is 5.32 Å². The number of nitrogens with one attached hydrogen (secondary N) is 1. The summed E-state index contributed by atoms with van der Waals surface area (Å²) in [6, 6.07) is 0. The molecule has 1 N–H and O–H groups in total. The number of hydrogen-bond donors (Lipinski definition) is 1. The van der Waals surface area contributed by atoms with Crippen LogP contribution in [-0.2, 0) is 9.53 Å². The van der Waals surface area contributed by atoms with Crippen LogP contribution in [0.25, 0.3) is 0 Å². The van der Waals surface area contributed by atoms with Gasteiger partial charge in [0.05, 0.1) is 12.7 Å². The highest BCUT2D eigenvalue weighted by atomic mass is 16.5. The summed E-state index contributed by atoms with van der Waals surface area (Å²) in [6.45, 7) is 14.4. The fourth-order valence-electron chi connectivity index (χ4n) is 2.47. The van der Waals surface area contributed by atoms with Gasteiger partial charge in [0.25, 0.3) is 0 Å². The molecule has 20 heavy (non-hydrogen) atoms. The van der Waals surface area contributed by atoms with E-state index in [2.05, 4.69) is 17.1 Å². The first-order valence-corrected chi connectivity index (χ1v) is 7.64. The molecular weight excluding hydrogens is 254 g/mol. The highest BCUT2D eigenvalue weighted by molar-refractivity contribution is 5.81. The van der Waals surface area contributed by atoms with Gasteiger partial charge in [0.1, 0.15) is 0 Å². The highest BCUT2D eigenvalue weighted by Gasteiger charge is 2.28. The first-order valence-electron chi connectivity index (χ1n) is 7.64. The number of carbonyl (C=O) groups excluding carboxylic acids is 1. The quantitative estimate of drug-likeness (QED) is 0.733. The lowest BCUT2D eigenvalue weighted by atomic mass is 9.95. The van der Waals surface area contributed by atoms with Crippen molar-refractivity contribution in [3.8, 4) is 0 Å². The Morgan fingerprint density at radius 1 is 1.45 bits per heavy atom. The molecule has 1 aliphatic heterocycles. The van der Waals surface area contributed by atoms with Gasteiger partial charge in [0, 0.05) is 45.2 Å². The van der Waals surface area contributed by atoms with Gasteiger partial charge >= 0.3 is 0 Å². The fraction of sp³-hybridized carbons (Fsp3) is 0.933. The third kappa shape index (κ3) is 5.77. The number of likely N-dealkylation sites (N-methyl/N-ethyl adjacent to an activating group) is 2. The number of rotatable bonds is 6. The number of morpholine rings is 1. The van der Waals surface area contributed by atoms with Gasteiger partial charge in [0.2, 0.25) is 5.91 Å². The molecule has 0 spiro atoms. The Morgan fingerprint density at radius 2 is 2.15 bits per heavy atom. The highest BCUT2D eigenvalue weighted by Crippen LogP contribution is 2.17. The van der Waals surface area contributed by atoms with Crippen molar-refractivity contribution in [1.82, 2.24) is 15.1 Å². The third-order valence-electron chi connectivity index (χ3n) is 3.54. The van der Waals surface area contributed by atoms with Crippen LogP contribution in [0.15, 0.2) is 0 Å². The second-order valence-electron chi connectivity index (χ2n) is 6.58. The van der Waals surface area contributed by atoms with Crippen molar-refractivity contribution >= 4 is 5.91 Å². The summed E-state index contributed by atoms with van der Waals surface area (Å²) in [6.07, 6.45) is 0.127. The molecule has 0 aliphatic carbocycles. The Balaban J connectivity index is 2.38. The van der Waals surface area contributed by atoms with Crippen molar-refractivity contribution in [1.29, 1.82) is 0 Å². The van der Waals surface area contributed by atoms with E-state index in [1.165, 1.54) is 0 Å². The predicted octanol–water partition coefficient (Wildman–Crippen LogP) is 0.801. The van der Waals surface area contributed by atoms with E-state index >= 15 is 0 Å². The molecule has 0 aromatic heterocycles. The first-order chi connectivity index (χ1) is 9.34. The predicted molar refractivity (Wildman–Crippen MR) is 81.8 cm³/mol. The molecule has 0 aromatic carbocycles. The molecule has 1 saturated heterocycles. The van der Waals surface area contributed by atoms with Gasteiger partial charge in [-0.1, -0.05) is 27.7 Å². The summed E-state index contributed by atoms with van der Waals surface area (Å²) >= 11 is 0. The summed E-state index contributed by atoms with van der Waals surface area (Å²) < 4.78 is 5.79. The van der Waals surface area contributed by atoms with E-state index in [0.717, 1.165) is 39.3 Å². The smallest absolute Gasteiger partial charge is 0.227 e. The minimum Gasteiger partial charge on any atom is -0.374 e. The summed E-state index contributed by atoms with van der Waals surface area (Å²) in [5.74, 6) is 0.172. The summed E-state index contributed by atoms with van der Waals surface area (Å²) in [5, 5.41) is 3.34. The van der Waals surface area contributed by atoms with Gasteiger partial charge in [-0.3, -0.25) is 9.69 Å². The third-order valence-corrected chi connectivity index (χ3v) is 3.54. The van der Waals surface area contributed by atoms with Gasteiger partial charge in [0.15, 0.2) is 0 Å². The second kappa shape index (κ2) is 7.96. The Hall–Kier alpha value is -0.650. The van der Waals surface area contributed by atoms with Crippen LogP contribution in [0.4, 0.5) is 0 Å². The Kier molecular flexibility index (Phi) is 6.92. The topological polar surface area (TPSA) is 44.8 Å². The van der Waals surface area contributed by atoms with Gasteiger partial charge in [-0.25, -0.2) is 0 Å². The van der Waals surface area contributed by atoms with Gasteiger partial charge in [-0.15, -0.1) is 0 Å². The number of amides is 1. The molecule has 5 heteroatoms. The van der Waals surface area contributed by atoms with E-state index in [1.54, 1.807) is 4.90 Å². The monoisotopic (exact) mass is 285 g/mol. The Bertz CT molecular complexity index is 302. The lowest BCUT2D eigenvalue weighted by molar-refractivity contribution is -0.141. The zero-order valence-electron chi connectivity index (χ0n) is 13.7. The standard InChI is InChI=1S/C15H31N3O2/c1-6-16-7-8-18-9-10-20-13(12-18)11-17(5)14(19)15(2,3)4/h13,16H,6-12H2,1-5H3. The molecule has 1 fully saturated rings. The van der Waals surface area contributed by atoms with E-state index < -0.39 is 0 Å². The van der Waals surface area contributed by atoms with E-state index in [1.807, 2.05) is 27.8 Å². The average molecular weight is 285 g/mol. The maximum absolute atomic E-state index is 12.2. The number of nitrogens with zero attached hydrogens (tertiary/aromatic N) is 2. The normalized spacial score (nSPS) is 20.9. The van der Waals surface area contributed by atoms with Crippen LogP contribution in [0.2, 0.25) is 0 Å². The van der Waals surface area contributed by atoms with Crippen LogP contribution in [0, 0.1) is 5.41 Å². The second-order valence-corrected chi connectivity index (χ2v) is 6.58. The van der Waals surface area contributed by atoms with E-state index in [0.29, 0.717) is 6.54 Å². The van der Waals surface area contributed by atoms with Crippen LogP contribution >= 0.6 is 0 Å². The molecule has 1 amide bonds. The van der Waals surface area contributed by atoms with E-state index in [9.17, 15) is 4.79 Å². The molecule has 1 unspecified atom stereocenters. The number of carbonyl (C=O) groups is 1. The van der Waals surface area contributed by atoms with Gasteiger partial charge in [-0.2, -0.15) is 0 Å². The molecule has 1 aliphatic rings. The summed E-state index contributed by atoms with van der Waals surface area (Å²) in [4.78, 5) is 16.4. The van der Waals surface area contributed by atoms with Crippen LogP contribution in [0.3, 0.4) is 0 Å². The Morgan fingerprint density at radius 3 is 2.75 bits per heavy atom. The minimum atomic E-state index is -0.325. The lowest BCUT2D eigenvalue weighted by Crippen LogP contribution is -2.50. The fourth-order valence-corrected chi connectivity index (χ4v) is 2.47.